The van der Waals surface area contributed by atoms with E-state index in [4.69, 9.17) is 14.2 Å². The van der Waals surface area contributed by atoms with Crippen molar-refractivity contribution in [2.24, 2.45) is 0 Å². The maximum atomic E-state index is 13.1. The molecule has 0 aliphatic carbocycles. The predicted octanol–water partition coefficient (Wildman–Crippen LogP) is 3.84. The summed E-state index contributed by atoms with van der Waals surface area (Å²) in [5, 5.41) is 4.59. The largest absolute Gasteiger partial charge is 0.494 e. The smallest absolute Gasteiger partial charge is 0.251 e. The van der Waals surface area contributed by atoms with Crippen LogP contribution >= 0.6 is 0 Å². The fraction of sp³-hybridized carbons (Fsp3) is 0.320. The van der Waals surface area contributed by atoms with E-state index in [2.05, 4.69) is 5.32 Å². The third kappa shape index (κ3) is 4.90. The minimum atomic E-state index is -3.09. The number of fused-ring (bicyclic) bond motifs is 1. The molecule has 0 saturated carbocycles. The number of ether oxygens (including phenoxy) is 3. The van der Waals surface area contributed by atoms with Crippen LogP contribution in [0.15, 0.2) is 48.5 Å². The van der Waals surface area contributed by atoms with E-state index in [1.165, 1.54) is 0 Å². The molecular formula is C25H27NO6S. The maximum absolute atomic E-state index is 13.1. The molecule has 1 amide bonds. The van der Waals surface area contributed by atoms with Gasteiger partial charge in [-0.15, -0.1) is 0 Å². The van der Waals surface area contributed by atoms with Crippen LogP contribution in [-0.2, 0) is 9.84 Å². The molecule has 1 saturated heterocycles. The van der Waals surface area contributed by atoms with Crippen LogP contribution in [0, 0.1) is 0 Å². The van der Waals surface area contributed by atoms with Gasteiger partial charge in [0.05, 0.1) is 32.3 Å². The Kier molecular flexibility index (Phi) is 6.47. The average Bonchev–Trinajstić information content (AvgIpc) is 3.15. The van der Waals surface area contributed by atoms with Gasteiger partial charge in [-0.2, -0.15) is 0 Å². The summed E-state index contributed by atoms with van der Waals surface area (Å²) in [6.45, 7) is 2.50. The van der Waals surface area contributed by atoms with Crippen molar-refractivity contribution in [2.75, 3.05) is 32.3 Å². The van der Waals surface area contributed by atoms with E-state index >= 15 is 0 Å². The number of carbonyl (C=O) groups is 1. The van der Waals surface area contributed by atoms with Gasteiger partial charge in [-0.25, -0.2) is 8.42 Å². The number of sulfone groups is 1. The highest BCUT2D eigenvalue weighted by molar-refractivity contribution is 7.91. The highest BCUT2D eigenvalue weighted by Gasteiger charge is 2.29. The average molecular weight is 470 g/mol. The summed E-state index contributed by atoms with van der Waals surface area (Å²) in [7, 11) is 0.0530. The molecule has 3 aromatic rings. The van der Waals surface area contributed by atoms with Crippen LogP contribution in [0.2, 0.25) is 0 Å². The Hall–Kier alpha value is -3.26. The molecule has 1 aliphatic rings. The molecule has 174 valence electrons. The van der Waals surface area contributed by atoms with Crippen molar-refractivity contribution < 1.29 is 27.4 Å². The molecule has 1 heterocycles. The van der Waals surface area contributed by atoms with Crippen molar-refractivity contribution in [1.82, 2.24) is 5.32 Å². The number of carbonyl (C=O) groups excluding carboxylic acids is 1. The molecule has 0 aromatic heterocycles. The van der Waals surface area contributed by atoms with E-state index in [-0.39, 0.29) is 23.5 Å². The summed E-state index contributed by atoms with van der Waals surface area (Å²) in [4.78, 5) is 13.1. The Morgan fingerprint density at radius 1 is 1.03 bits per heavy atom. The fourth-order valence-electron chi connectivity index (χ4n) is 4.13. The standard InChI is InChI=1S/C25H27NO6S/c1-4-32-20-7-5-16(6-8-20)21-12-18(25(27)26-19-9-10-33(28,29)15-19)11-17-13-23(30-2)24(31-3)14-22(17)21/h5-8,11-14,19H,4,9-10,15H2,1-3H3,(H,26,27)/t19-/m1/s1. The van der Waals surface area contributed by atoms with Gasteiger partial charge < -0.3 is 19.5 Å². The molecule has 3 aromatic carbocycles. The summed E-state index contributed by atoms with van der Waals surface area (Å²) < 4.78 is 40.1. The van der Waals surface area contributed by atoms with Crippen molar-refractivity contribution in [1.29, 1.82) is 0 Å². The van der Waals surface area contributed by atoms with Gasteiger partial charge in [0.25, 0.3) is 5.91 Å². The number of amides is 1. The highest BCUT2D eigenvalue weighted by atomic mass is 32.2. The van der Waals surface area contributed by atoms with E-state index in [9.17, 15) is 13.2 Å². The minimum Gasteiger partial charge on any atom is -0.494 e. The van der Waals surface area contributed by atoms with Crippen molar-refractivity contribution in [3.05, 3.63) is 54.1 Å². The van der Waals surface area contributed by atoms with Crippen LogP contribution in [0.1, 0.15) is 23.7 Å². The SMILES string of the molecule is CCOc1ccc(-c2cc(C(=O)N[C@@H]3CCS(=O)(=O)C3)cc3cc(OC)c(OC)cc23)cc1. The molecule has 1 N–H and O–H groups in total. The number of hydrogen-bond donors (Lipinski definition) is 1. The van der Waals surface area contributed by atoms with Crippen molar-refractivity contribution in [3.8, 4) is 28.4 Å². The zero-order valence-corrected chi connectivity index (χ0v) is 19.7. The third-order valence-electron chi connectivity index (χ3n) is 5.76. The molecule has 7 nitrogen and oxygen atoms in total. The molecule has 0 unspecified atom stereocenters. The van der Waals surface area contributed by atoms with E-state index in [1.54, 1.807) is 20.3 Å². The van der Waals surface area contributed by atoms with Gasteiger partial charge in [0.15, 0.2) is 21.3 Å². The second kappa shape index (κ2) is 9.31. The molecule has 0 bridgehead atoms. The Morgan fingerprint density at radius 2 is 1.73 bits per heavy atom. The summed E-state index contributed by atoms with van der Waals surface area (Å²) >= 11 is 0. The molecule has 0 spiro atoms. The maximum Gasteiger partial charge on any atom is 0.251 e. The van der Waals surface area contributed by atoms with E-state index in [0.29, 0.717) is 30.1 Å². The molecule has 0 radical (unpaired) electrons. The van der Waals surface area contributed by atoms with E-state index < -0.39 is 9.84 Å². The zero-order valence-electron chi connectivity index (χ0n) is 18.9. The zero-order chi connectivity index (χ0) is 23.6. The van der Waals surface area contributed by atoms with Crippen LogP contribution in [0.4, 0.5) is 0 Å². The second-order valence-corrected chi connectivity index (χ2v) is 10.2. The number of nitrogens with one attached hydrogen (secondary N) is 1. The van der Waals surface area contributed by atoms with E-state index in [1.807, 2.05) is 49.4 Å². The van der Waals surface area contributed by atoms with Crippen molar-refractivity contribution in [3.63, 3.8) is 0 Å². The summed E-state index contributed by atoms with van der Waals surface area (Å²) in [5.74, 6) is 1.68. The predicted molar refractivity (Wildman–Crippen MR) is 128 cm³/mol. The quantitative estimate of drug-likeness (QED) is 0.565. The third-order valence-corrected chi connectivity index (χ3v) is 7.53. The molecule has 33 heavy (non-hydrogen) atoms. The summed E-state index contributed by atoms with van der Waals surface area (Å²) in [6.07, 6.45) is 0.429. The molecule has 1 atom stereocenters. The Balaban J connectivity index is 1.80. The van der Waals surface area contributed by atoms with E-state index in [0.717, 1.165) is 27.6 Å². The minimum absolute atomic E-state index is 0.0247. The van der Waals surface area contributed by atoms with Gasteiger partial charge in [0.1, 0.15) is 5.75 Å². The number of hydrogen-bond acceptors (Lipinski definition) is 6. The van der Waals surface area contributed by atoms with Gasteiger partial charge in [0.2, 0.25) is 0 Å². The Labute approximate surface area is 193 Å². The van der Waals surface area contributed by atoms with Gasteiger partial charge in [-0.05, 0) is 71.6 Å². The first kappa shape index (κ1) is 22.9. The van der Waals surface area contributed by atoms with Gasteiger partial charge in [-0.1, -0.05) is 12.1 Å². The van der Waals surface area contributed by atoms with Crippen molar-refractivity contribution in [2.45, 2.75) is 19.4 Å². The lowest BCUT2D eigenvalue weighted by Gasteiger charge is -2.16. The molecule has 4 rings (SSSR count). The first-order chi connectivity index (χ1) is 15.8. The lowest BCUT2D eigenvalue weighted by atomic mass is 9.94. The van der Waals surface area contributed by atoms with Crippen LogP contribution < -0.4 is 19.5 Å². The van der Waals surface area contributed by atoms with Gasteiger partial charge in [0, 0.05) is 11.6 Å². The Bertz CT molecular complexity index is 1280. The van der Waals surface area contributed by atoms with Crippen LogP contribution in [0.5, 0.6) is 17.2 Å². The first-order valence-electron chi connectivity index (χ1n) is 10.8. The lowest BCUT2D eigenvalue weighted by molar-refractivity contribution is 0.0941. The summed E-state index contributed by atoms with van der Waals surface area (Å²) in [6, 6.07) is 14.6. The monoisotopic (exact) mass is 469 g/mol. The molecule has 8 heteroatoms. The van der Waals surface area contributed by atoms with Crippen LogP contribution in [0.25, 0.3) is 21.9 Å². The van der Waals surface area contributed by atoms with Gasteiger partial charge >= 0.3 is 0 Å². The number of rotatable bonds is 7. The Morgan fingerprint density at radius 3 is 2.33 bits per heavy atom. The topological polar surface area (TPSA) is 90.9 Å². The number of benzene rings is 3. The first-order valence-corrected chi connectivity index (χ1v) is 12.6. The molecular weight excluding hydrogens is 442 g/mol. The van der Waals surface area contributed by atoms with Crippen LogP contribution in [0.3, 0.4) is 0 Å². The lowest BCUT2D eigenvalue weighted by Crippen LogP contribution is -2.35. The van der Waals surface area contributed by atoms with Gasteiger partial charge in [-0.3, -0.25) is 4.79 Å². The summed E-state index contributed by atoms with van der Waals surface area (Å²) in [5.41, 5.74) is 2.21. The molecule has 1 aliphatic heterocycles. The normalized spacial score (nSPS) is 17.0. The number of methoxy groups -OCH3 is 2. The molecule has 1 fully saturated rings. The second-order valence-electron chi connectivity index (χ2n) is 7.98. The van der Waals surface area contributed by atoms with Crippen molar-refractivity contribution >= 4 is 26.5 Å². The van der Waals surface area contributed by atoms with Crippen LogP contribution in [-0.4, -0.2) is 52.7 Å². The highest BCUT2D eigenvalue weighted by Crippen LogP contribution is 2.38. The fourth-order valence-corrected chi connectivity index (χ4v) is 5.81.